The number of amides is 2. The molecule has 238 valence electrons. The summed E-state index contributed by atoms with van der Waals surface area (Å²) in [7, 11) is 0. The molecule has 0 rings (SSSR count). The number of unbranched alkanes of at least 4 members (excludes halogenated alkanes) is 22. The van der Waals surface area contributed by atoms with E-state index in [0.29, 0.717) is 25.5 Å². The Morgan fingerprint density at radius 3 is 1.32 bits per heavy atom. The van der Waals surface area contributed by atoms with Crippen LogP contribution in [0.3, 0.4) is 0 Å². The summed E-state index contributed by atoms with van der Waals surface area (Å²) < 4.78 is 5.39. The van der Waals surface area contributed by atoms with E-state index in [1.807, 2.05) is 0 Å². The zero-order chi connectivity index (χ0) is 29.5. The first-order valence-corrected chi connectivity index (χ1v) is 17.7. The number of hydrogen-bond donors (Lipinski definition) is 2. The van der Waals surface area contributed by atoms with Crippen molar-refractivity contribution < 1.29 is 14.3 Å². The molecule has 5 heteroatoms. The lowest BCUT2D eigenvalue weighted by Crippen LogP contribution is -2.47. The van der Waals surface area contributed by atoms with Crippen LogP contribution in [0.1, 0.15) is 188 Å². The Balaban J connectivity index is 3.77. The number of hydrogen-bond acceptors (Lipinski definition) is 3. The van der Waals surface area contributed by atoms with Crippen molar-refractivity contribution >= 4 is 12.0 Å². The minimum atomic E-state index is -0.521. The Bertz CT molecular complexity index is 553. The van der Waals surface area contributed by atoms with Gasteiger partial charge in [-0.25, -0.2) is 4.79 Å². The van der Waals surface area contributed by atoms with Crippen LogP contribution in [-0.2, 0) is 9.53 Å². The number of ether oxygens (including phenoxy) is 1. The Morgan fingerprint density at radius 2 is 0.925 bits per heavy atom. The van der Waals surface area contributed by atoms with Gasteiger partial charge in [0, 0.05) is 6.54 Å². The third-order valence-electron chi connectivity index (χ3n) is 7.88. The van der Waals surface area contributed by atoms with Gasteiger partial charge in [0.25, 0.3) is 0 Å². The van der Waals surface area contributed by atoms with Gasteiger partial charge in [-0.05, 0) is 25.2 Å². The van der Waals surface area contributed by atoms with Crippen LogP contribution in [0.2, 0.25) is 0 Å². The summed E-state index contributed by atoms with van der Waals surface area (Å²) in [5, 5.41) is 5.85. The fourth-order valence-corrected chi connectivity index (χ4v) is 5.30. The standard InChI is InChI=1S/C35H70N2O3/c1-5-7-9-11-13-15-17-18-19-20-22-24-26-28-30-40-35(39)37-33(31-32(3)4)34(38)36-29-27-25-23-21-16-14-12-10-8-6-2/h32-33H,5-31H2,1-4H3,(H,36,38)(H,37,39). The lowest BCUT2D eigenvalue weighted by atomic mass is 10.0. The topological polar surface area (TPSA) is 67.4 Å². The van der Waals surface area contributed by atoms with Gasteiger partial charge in [-0.3, -0.25) is 4.79 Å². The minimum Gasteiger partial charge on any atom is -0.450 e. The van der Waals surface area contributed by atoms with Crippen molar-refractivity contribution in [2.75, 3.05) is 13.2 Å². The summed E-state index contributed by atoms with van der Waals surface area (Å²) >= 11 is 0. The highest BCUT2D eigenvalue weighted by molar-refractivity contribution is 5.85. The van der Waals surface area contributed by atoms with Gasteiger partial charge in [-0.15, -0.1) is 0 Å². The molecule has 0 heterocycles. The van der Waals surface area contributed by atoms with Crippen LogP contribution in [0.4, 0.5) is 4.79 Å². The summed E-state index contributed by atoms with van der Waals surface area (Å²) in [4.78, 5) is 25.0. The van der Waals surface area contributed by atoms with Crippen molar-refractivity contribution in [3.8, 4) is 0 Å². The van der Waals surface area contributed by atoms with Crippen LogP contribution < -0.4 is 10.6 Å². The highest BCUT2D eigenvalue weighted by atomic mass is 16.5. The molecule has 40 heavy (non-hydrogen) atoms. The summed E-state index contributed by atoms with van der Waals surface area (Å²) in [5.74, 6) is 0.234. The van der Waals surface area contributed by atoms with Crippen molar-refractivity contribution in [1.29, 1.82) is 0 Å². The fraction of sp³-hybridized carbons (Fsp3) is 0.943. The molecular weight excluding hydrogens is 496 g/mol. The second kappa shape index (κ2) is 30.7. The normalized spacial score (nSPS) is 12.0. The van der Waals surface area contributed by atoms with E-state index < -0.39 is 12.1 Å². The number of rotatable bonds is 30. The lowest BCUT2D eigenvalue weighted by Gasteiger charge is -2.20. The van der Waals surface area contributed by atoms with E-state index in [-0.39, 0.29) is 5.91 Å². The van der Waals surface area contributed by atoms with Gasteiger partial charge in [0.2, 0.25) is 5.91 Å². The van der Waals surface area contributed by atoms with Crippen LogP contribution in [-0.4, -0.2) is 31.2 Å². The largest absolute Gasteiger partial charge is 0.450 e. The van der Waals surface area contributed by atoms with Crippen LogP contribution in [0.25, 0.3) is 0 Å². The smallest absolute Gasteiger partial charge is 0.407 e. The average molecular weight is 567 g/mol. The number of nitrogens with one attached hydrogen (secondary N) is 2. The predicted octanol–water partition coefficient (Wildman–Crippen LogP) is 10.6. The highest BCUT2D eigenvalue weighted by Crippen LogP contribution is 2.13. The molecule has 5 nitrogen and oxygen atoms in total. The molecule has 0 aromatic heterocycles. The van der Waals surface area contributed by atoms with Crippen LogP contribution in [0.15, 0.2) is 0 Å². The Kier molecular flexibility index (Phi) is 29.7. The third kappa shape index (κ3) is 28.3. The first-order valence-electron chi connectivity index (χ1n) is 17.7. The molecule has 0 aliphatic heterocycles. The molecule has 0 saturated heterocycles. The molecule has 1 unspecified atom stereocenters. The Morgan fingerprint density at radius 1 is 0.550 bits per heavy atom. The molecule has 0 radical (unpaired) electrons. The molecule has 0 aliphatic rings. The van der Waals surface area contributed by atoms with Crippen molar-refractivity contribution in [2.45, 2.75) is 194 Å². The van der Waals surface area contributed by atoms with Crippen LogP contribution >= 0.6 is 0 Å². The summed E-state index contributed by atoms with van der Waals surface area (Å²) in [6.07, 6.45) is 31.2. The first-order chi connectivity index (χ1) is 19.5. The fourth-order valence-electron chi connectivity index (χ4n) is 5.30. The predicted molar refractivity (Wildman–Crippen MR) is 173 cm³/mol. The van der Waals surface area contributed by atoms with E-state index in [4.69, 9.17) is 4.74 Å². The summed E-state index contributed by atoms with van der Waals surface area (Å²) in [6, 6.07) is -0.521. The van der Waals surface area contributed by atoms with Crippen molar-refractivity contribution in [3.05, 3.63) is 0 Å². The van der Waals surface area contributed by atoms with E-state index in [1.54, 1.807) is 0 Å². The number of alkyl carbamates (subject to hydrolysis) is 1. The van der Waals surface area contributed by atoms with Gasteiger partial charge in [0.05, 0.1) is 6.61 Å². The molecule has 1 atom stereocenters. The molecule has 2 N–H and O–H groups in total. The van der Waals surface area contributed by atoms with E-state index in [1.165, 1.54) is 128 Å². The lowest BCUT2D eigenvalue weighted by molar-refractivity contribution is -0.123. The van der Waals surface area contributed by atoms with Gasteiger partial charge >= 0.3 is 6.09 Å². The molecule has 2 amide bonds. The van der Waals surface area contributed by atoms with Crippen molar-refractivity contribution in [3.63, 3.8) is 0 Å². The highest BCUT2D eigenvalue weighted by Gasteiger charge is 2.22. The van der Waals surface area contributed by atoms with Gasteiger partial charge in [0.1, 0.15) is 6.04 Å². The quantitative estimate of drug-likeness (QED) is 0.0850. The summed E-state index contributed by atoms with van der Waals surface area (Å²) in [6.45, 7) is 9.79. The van der Waals surface area contributed by atoms with Crippen LogP contribution in [0.5, 0.6) is 0 Å². The summed E-state index contributed by atoms with van der Waals surface area (Å²) in [5.41, 5.74) is 0. The van der Waals surface area contributed by atoms with E-state index in [2.05, 4.69) is 38.3 Å². The number of carbonyl (C=O) groups excluding carboxylic acids is 2. The zero-order valence-electron chi connectivity index (χ0n) is 27.5. The minimum absolute atomic E-state index is 0.0851. The van der Waals surface area contributed by atoms with Crippen molar-refractivity contribution in [1.82, 2.24) is 10.6 Å². The monoisotopic (exact) mass is 567 g/mol. The molecule has 0 aromatic rings. The molecule has 0 bridgehead atoms. The van der Waals surface area contributed by atoms with Crippen molar-refractivity contribution in [2.24, 2.45) is 5.92 Å². The maximum Gasteiger partial charge on any atom is 0.407 e. The second-order valence-corrected chi connectivity index (χ2v) is 12.5. The third-order valence-corrected chi connectivity index (χ3v) is 7.88. The molecule has 0 saturated carbocycles. The van der Waals surface area contributed by atoms with Crippen LogP contribution in [0, 0.1) is 5.92 Å². The van der Waals surface area contributed by atoms with Gasteiger partial charge in [0.15, 0.2) is 0 Å². The maximum absolute atomic E-state index is 12.7. The van der Waals surface area contributed by atoms with Gasteiger partial charge in [-0.1, -0.05) is 169 Å². The zero-order valence-corrected chi connectivity index (χ0v) is 27.5. The molecule has 0 aliphatic carbocycles. The number of carbonyl (C=O) groups is 2. The molecule has 0 fully saturated rings. The maximum atomic E-state index is 12.7. The average Bonchev–Trinajstić information content (AvgIpc) is 2.93. The first kappa shape index (κ1) is 38.7. The second-order valence-electron chi connectivity index (χ2n) is 12.5. The molecular formula is C35H70N2O3. The van der Waals surface area contributed by atoms with E-state index >= 15 is 0 Å². The SMILES string of the molecule is CCCCCCCCCCCCCCCCOC(=O)NC(CC(C)C)C(=O)NCCCCCCCCCCCC. The molecule has 0 aromatic carbocycles. The van der Waals surface area contributed by atoms with Gasteiger partial charge < -0.3 is 15.4 Å². The van der Waals surface area contributed by atoms with Gasteiger partial charge in [-0.2, -0.15) is 0 Å². The van der Waals surface area contributed by atoms with E-state index in [9.17, 15) is 9.59 Å². The Labute approximate surface area is 250 Å². The molecule has 0 spiro atoms. The Hall–Kier alpha value is -1.26. The van der Waals surface area contributed by atoms with E-state index in [0.717, 1.165) is 25.7 Å².